The summed E-state index contributed by atoms with van der Waals surface area (Å²) in [6.45, 7) is 1.63. The van der Waals surface area contributed by atoms with E-state index in [2.05, 4.69) is 15.0 Å². The minimum Gasteiger partial charge on any atom is -0.463 e. The van der Waals surface area contributed by atoms with Crippen molar-refractivity contribution in [2.24, 2.45) is 0 Å². The number of aromatic nitrogens is 4. The second-order valence-corrected chi connectivity index (χ2v) is 6.49. The summed E-state index contributed by atoms with van der Waals surface area (Å²) < 4.78 is 25.4. The SMILES string of the molecule is Cc1c[nH]c(=O)n(CCOc2nc(-c3ccc(F)cc3)cc(-c3ccco3)n2)c1=O. The first kappa shape index (κ1) is 19.3. The van der Waals surface area contributed by atoms with Gasteiger partial charge in [-0.2, -0.15) is 9.97 Å². The molecule has 0 aliphatic rings. The number of hydrogen-bond donors (Lipinski definition) is 1. The first-order valence-electron chi connectivity index (χ1n) is 9.12. The van der Waals surface area contributed by atoms with Crippen molar-refractivity contribution in [1.82, 2.24) is 19.5 Å². The predicted octanol–water partition coefficient (Wildman–Crippen LogP) is 2.78. The van der Waals surface area contributed by atoms with Crippen molar-refractivity contribution < 1.29 is 13.5 Å². The lowest BCUT2D eigenvalue weighted by molar-refractivity contribution is 0.272. The topological polar surface area (TPSA) is 103 Å². The average Bonchev–Trinajstić information content (AvgIpc) is 3.29. The molecule has 0 saturated heterocycles. The summed E-state index contributed by atoms with van der Waals surface area (Å²) in [7, 11) is 0. The van der Waals surface area contributed by atoms with Gasteiger partial charge in [0.2, 0.25) is 0 Å². The molecule has 4 aromatic rings. The molecule has 0 atom stereocenters. The van der Waals surface area contributed by atoms with Gasteiger partial charge in [0, 0.05) is 17.3 Å². The number of hydrogen-bond acceptors (Lipinski definition) is 6. The number of nitrogens with one attached hydrogen (secondary N) is 1. The summed E-state index contributed by atoms with van der Waals surface area (Å²) in [6, 6.07) is 11.1. The highest BCUT2D eigenvalue weighted by molar-refractivity contribution is 5.65. The van der Waals surface area contributed by atoms with E-state index < -0.39 is 5.69 Å². The molecule has 0 aliphatic carbocycles. The number of halogens is 1. The lowest BCUT2D eigenvalue weighted by Crippen LogP contribution is -2.37. The van der Waals surface area contributed by atoms with Crippen LogP contribution in [-0.2, 0) is 6.54 Å². The molecule has 0 saturated carbocycles. The number of rotatable bonds is 6. The van der Waals surface area contributed by atoms with E-state index in [0.717, 1.165) is 4.57 Å². The first-order valence-corrected chi connectivity index (χ1v) is 9.12. The van der Waals surface area contributed by atoms with Gasteiger partial charge in [-0.05, 0) is 49.4 Å². The molecule has 4 rings (SSSR count). The Morgan fingerprint density at radius 3 is 2.63 bits per heavy atom. The van der Waals surface area contributed by atoms with E-state index >= 15 is 0 Å². The first-order chi connectivity index (χ1) is 14.5. The lowest BCUT2D eigenvalue weighted by atomic mass is 10.1. The van der Waals surface area contributed by atoms with Crippen LogP contribution in [0.5, 0.6) is 6.01 Å². The predicted molar refractivity (Wildman–Crippen MR) is 107 cm³/mol. The van der Waals surface area contributed by atoms with Gasteiger partial charge < -0.3 is 14.1 Å². The van der Waals surface area contributed by atoms with E-state index in [0.29, 0.717) is 28.3 Å². The summed E-state index contributed by atoms with van der Waals surface area (Å²) in [4.78, 5) is 35.2. The van der Waals surface area contributed by atoms with Gasteiger partial charge in [0.1, 0.15) is 18.1 Å². The Kier molecular flexibility index (Phi) is 5.25. The maximum absolute atomic E-state index is 13.3. The zero-order chi connectivity index (χ0) is 21.1. The molecule has 9 heteroatoms. The average molecular weight is 408 g/mol. The molecule has 8 nitrogen and oxygen atoms in total. The van der Waals surface area contributed by atoms with Crippen LogP contribution >= 0.6 is 0 Å². The maximum Gasteiger partial charge on any atom is 0.328 e. The second kappa shape index (κ2) is 8.16. The maximum atomic E-state index is 13.3. The summed E-state index contributed by atoms with van der Waals surface area (Å²) in [5.41, 5.74) is 1.17. The van der Waals surface area contributed by atoms with Gasteiger partial charge in [-0.15, -0.1) is 0 Å². The van der Waals surface area contributed by atoms with Crippen molar-refractivity contribution in [3.63, 3.8) is 0 Å². The molecule has 0 fully saturated rings. The molecule has 0 amide bonds. The quantitative estimate of drug-likeness (QED) is 0.526. The molecule has 0 radical (unpaired) electrons. The summed E-state index contributed by atoms with van der Waals surface area (Å²) in [5.74, 6) is 0.154. The van der Waals surface area contributed by atoms with Gasteiger partial charge in [-0.25, -0.2) is 9.18 Å². The van der Waals surface area contributed by atoms with E-state index in [1.165, 1.54) is 24.6 Å². The van der Waals surface area contributed by atoms with Crippen molar-refractivity contribution >= 4 is 0 Å². The van der Waals surface area contributed by atoms with Crippen LogP contribution in [0.4, 0.5) is 4.39 Å². The Morgan fingerprint density at radius 1 is 1.13 bits per heavy atom. The fraction of sp³-hybridized carbons (Fsp3) is 0.143. The van der Waals surface area contributed by atoms with E-state index in [9.17, 15) is 14.0 Å². The van der Waals surface area contributed by atoms with Crippen LogP contribution in [0.2, 0.25) is 0 Å². The number of H-pyrrole nitrogens is 1. The Labute approximate surface area is 169 Å². The number of nitrogens with zero attached hydrogens (tertiary/aromatic N) is 3. The Hall–Kier alpha value is -4.01. The number of aromatic amines is 1. The van der Waals surface area contributed by atoms with Crippen molar-refractivity contribution in [1.29, 1.82) is 0 Å². The third-order valence-corrected chi connectivity index (χ3v) is 4.41. The highest BCUT2D eigenvalue weighted by atomic mass is 19.1. The summed E-state index contributed by atoms with van der Waals surface area (Å²) in [5, 5.41) is 0. The number of benzene rings is 1. The van der Waals surface area contributed by atoms with Crippen LogP contribution in [0.3, 0.4) is 0 Å². The van der Waals surface area contributed by atoms with E-state index in [4.69, 9.17) is 9.15 Å². The molecule has 1 aromatic carbocycles. The second-order valence-electron chi connectivity index (χ2n) is 6.49. The molecule has 0 aliphatic heterocycles. The van der Waals surface area contributed by atoms with Gasteiger partial charge in [0.05, 0.1) is 18.5 Å². The smallest absolute Gasteiger partial charge is 0.328 e. The summed E-state index contributed by atoms with van der Waals surface area (Å²) in [6.07, 6.45) is 2.89. The monoisotopic (exact) mass is 408 g/mol. The molecule has 3 heterocycles. The Morgan fingerprint density at radius 2 is 1.90 bits per heavy atom. The number of furan rings is 1. The fourth-order valence-electron chi connectivity index (χ4n) is 2.85. The van der Waals surface area contributed by atoms with Crippen LogP contribution in [0.15, 0.2) is 68.9 Å². The lowest BCUT2D eigenvalue weighted by Gasteiger charge is -2.10. The van der Waals surface area contributed by atoms with Gasteiger partial charge in [-0.3, -0.25) is 9.36 Å². The Bertz CT molecular complexity index is 1280. The van der Waals surface area contributed by atoms with Crippen LogP contribution < -0.4 is 16.0 Å². The minimum absolute atomic E-state index is 0.00307. The van der Waals surface area contributed by atoms with Crippen molar-refractivity contribution in [2.75, 3.05) is 6.61 Å². The van der Waals surface area contributed by atoms with Gasteiger partial charge in [-0.1, -0.05) is 0 Å². The fourth-order valence-corrected chi connectivity index (χ4v) is 2.85. The third-order valence-electron chi connectivity index (χ3n) is 4.41. The molecule has 3 aromatic heterocycles. The van der Waals surface area contributed by atoms with Gasteiger partial charge in [0.15, 0.2) is 5.76 Å². The molecule has 0 unspecified atom stereocenters. The molecule has 1 N–H and O–H groups in total. The van der Waals surface area contributed by atoms with Crippen molar-refractivity contribution in [3.05, 3.63) is 87.1 Å². The zero-order valence-electron chi connectivity index (χ0n) is 16.0. The van der Waals surface area contributed by atoms with Crippen LogP contribution in [0.1, 0.15) is 5.56 Å². The van der Waals surface area contributed by atoms with Gasteiger partial charge in [0.25, 0.3) is 5.56 Å². The third kappa shape index (κ3) is 4.04. The normalized spacial score (nSPS) is 10.9. The van der Waals surface area contributed by atoms with Gasteiger partial charge >= 0.3 is 11.7 Å². The van der Waals surface area contributed by atoms with Crippen molar-refractivity contribution in [2.45, 2.75) is 13.5 Å². The standard InChI is InChI=1S/C21H17FN4O4/c1-13-12-23-21(28)26(19(13)27)8-10-30-20-24-16(14-4-6-15(22)7-5-14)11-17(25-20)18-3-2-9-29-18/h2-7,9,11-12H,8,10H2,1H3,(H,23,28). The van der Waals surface area contributed by atoms with Crippen molar-refractivity contribution in [3.8, 4) is 28.7 Å². The number of aryl methyl sites for hydroxylation is 1. The highest BCUT2D eigenvalue weighted by Gasteiger charge is 2.12. The molecule has 0 bridgehead atoms. The number of ether oxygens (including phenoxy) is 1. The van der Waals surface area contributed by atoms with Crippen LogP contribution in [-0.4, -0.2) is 26.1 Å². The molecular weight excluding hydrogens is 391 g/mol. The Balaban J connectivity index is 1.62. The molecule has 30 heavy (non-hydrogen) atoms. The zero-order valence-corrected chi connectivity index (χ0v) is 16.0. The van der Waals surface area contributed by atoms with E-state index in [1.807, 2.05) is 0 Å². The highest BCUT2D eigenvalue weighted by Crippen LogP contribution is 2.26. The minimum atomic E-state index is -0.522. The van der Waals surface area contributed by atoms with E-state index in [-0.39, 0.29) is 30.5 Å². The van der Waals surface area contributed by atoms with Crippen LogP contribution in [0.25, 0.3) is 22.7 Å². The summed E-state index contributed by atoms with van der Waals surface area (Å²) >= 11 is 0. The molecule has 152 valence electrons. The van der Waals surface area contributed by atoms with E-state index in [1.54, 1.807) is 37.3 Å². The molecular formula is C21H17FN4O4. The largest absolute Gasteiger partial charge is 0.463 e. The molecule has 0 spiro atoms. The van der Waals surface area contributed by atoms with Crippen LogP contribution in [0, 0.1) is 12.7 Å².